The fourth-order valence-corrected chi connectivity index (χ4v) is 2.78. The van der Waals surface area contributed by atoms with Crippen LogP contribution >= 0.6 is 0 Å². The predicted octanol–water partition coefficient (Wildman–Crippen LogP) is 2.61. The van der Waals surface area contributed by atoms with Gasteiger partial charge in [-0.25, -0.2) is 9.97 Å². The van der Waals surface area contributed by atoms with Crippen LogP contribution in [0, 0.1) is 5.92 Å². The molecule has 112 valence electrons. The molecule has 0 spiro atoms. The summed E-state index contributed by atoms with van der Waals surface area (Å²) in [6, 6.07) is 1.87. The molecule has 1 saturated heterocycles. The number of anilines is 2. The first-order valence-corrected chi connectivity index (χ1v) is 7.69. The van der Waals surface area contributed by atoms with Gasteiger partial charge in [-0.1, -0.05) is 19.8 Å². The summed E-state index contributed by atoms with van der Waals surface area (Å²) in [6.07, 6.45) is 5.12. The van der Waals surface area contributed by atoms with Crippen LogP contribution in [-0.4, -0.2) is 29.7 Å². The first kappa shape index (κ1) is 15.0. The van der Waals surface area contributed by atoms with E-state index >= 15 is 0 Å². The molecule has 0 bridgehead atoms. The number of aromatic nitrogens is 2. The Labute approximate surface area is 121 Å². The van der Waals surface area contributed by atoms with Crippen LogP contribution in [0.3, 0.4) is 0 Å². The molecule has 0 radical (unpaired) electrons. The molecule has 2 rings (SSSR count). The lowest BCUT2D eigenvalue weighted by Gasteiger charge is -2.32. The summed E-state index contributed by atoms with van der Waals surface area (Å²) in [7, 11) is 0. The van der Waals surface area contributed by atoms with Gasteiger partial charge in [-0.05, 0) is 25.7 Å². The highest BCUT2D eigenvalue weighted by Crippen LogP contribution is 2.25. The smallest absolute Gasteiger partial charge is 0.158 e. The van der Waals surface area contributed by atoms with Crippen LogP contribution < -0.4 is 10.6 Å². The zero-order chi connectivity index (χ0) is 14.4. The summed E-state index contributed by atoms with van der Waals surface area (Å²) < 4.78 is 5.37. The Hall–Kier alpha value is -1.36. The molecular weight excluding hydrogens is 252 g/mol. The number of nitrogen functional groups attached to an aromatic ring is 1. The van der Waals surface area contributed by atoms with E-state index in [1.54, 1.807) is 0 Å². The molecule has 0 aliphatic carbocycles. The van der Waals surface area contributed by atoms with Gasteiger partial charge in [0.2, 0.25) is 0 Å². The summed E-state index contributed by atoms with van der Waals surface area (Å²) in [4.78, 5) is 11.1. The van der Waals surface area contributed by atoms with Crippen molar-refractivity contribution in [2.75, 3.05) is 30.3 Å². The highest BCUT2D eigenvalue weighted by molar-refractivity contribution is 5.47. The van der Waals surface area contributed by atoms with Gasteiger partial charge in [0.15, 0.2) is 5.82 Å². The van der Waals surface area contributed by atoms with E-state index in [9.17, 15) is 0 Å². The van der Waals surface area contributed by atoms with Gasteiger partial charge in [-0.3, -0.25) is 0 Å². The Morgan fingerprint density at radius 3 is 2.70 bits per heavy atom. The topological polar surface area (TPSA) is 64.3 Å². The molecule has 1 aromatic rings. The molecule has 0 unspecified atom stereocenters. The lowest BCUT2D eigenvalue weighted by Crippen LogP contribution is -2.34. The van der Waals surface area contributed by atoms with Crippen molar-refractivity contribution < 1.29 is 4.74 Å². The zero-order valence-corrected chi connectivity index (χ0v) is 12.6. The Kier molecular flexibility index (Phi) is 5.59. The van der Waals surface area contributed by atoms with Gasteiger partial charge in [0.25, 0.3) is 0 Å². The van der Waals surface area contributed by atoms with Gasteiger partial charge >= 0.3 is 0 Å². The number of piperidine rings is 1. The number of nitrogens with two attached hydrogens (primary N) is 1. The van der Waals surface area contributed by atoms with Gasteiger partial charge in [-0.2, -0.15) is 0 Å². The molecule has 2 heterocycles. The van der Waals surface area contributed by atoms with E-state index < -0.39 is 0 Å². The van der Waals surface area contributed by atoms with Crippen molar-refractivity contribution in [1.82, 2.24) is 9.97 Å². The minimum Gasteiger partial charge on any atom is -0.384 e. The van der Waals surface area contributed by atoms with E-state index in [2.05, 4.69) is 21.8 Å². The molecule has 1 aliphatic heterocycles. The lowest BCUT2D eigenvalue weighted by molar-refractivity contribution is 0.128. The summed E-state index contributed by atoms with van der Waals surface area (Å²) in [5.41, 5.74) is 5.88. The van der Waals surface area contributed by atoms with Crippen LogP contribution in [0.1, 0.15) is 45.4 Å². The van der Waals surface area contributed by atoms with E-state index in [1.807, 2.05) is 13.0 Å². The van der Waals surface area contributed by atoms with Crippen molar-refractivity contribution in [3.8, 4) is 0 Å². The quantitative estimate of drug-likeness (QED) is 0.866. The van der Waals surface area contributed by atoms with Crippen molar-refractivity contribution in [2.45, 2.75) is 46.1 Å². The minimum atomic E-state index is 0.431. The second-order valence-corrected chi connectivity index (χ2v) is 5.42. The molecule has 20 heavy (non-hydrogen) atoms. The van der Waals surface area contributed by atoms with Crippen LogP contribution in [0.5, 0.6) is 0 Å². The van der Waals surface area contributed by atoms with E-state index in [1.165, 1.54) is 25.7 Å². The van der Waals surface area contributed by atoms with Crippen molar-refractivity contribution >= 4 is 11.6 Å². The molecule has 5 nitrogen and oxygen atoms in total. The fraction of sp³-hybridized carbons (Fsp3) is 0.733. The summed E-state index contributed by atoms with van der Waals surface area (Å²) in [5.74, 6) is 3.03. The first-order valence-electron chi connectivity index (χ1n) is 7.69. The Balaban J connectivity index is 2.00. The van der Waals surface area contributed by atoms with Crippen molar-refractivity contribution in [3.05, 3.63) is 11.9 Å². The molecule has 1 fully saturated rings. The number of ether oxygens (including phenoxy) is 1. The van der Waals surface area contributed by atoms with E-state index in [0.29, 0.717) is 24.9 Å². The molecule has 1 aromatic heterocycles. The SMILES string of the molecule is CCCC1CCN(c2cc(N)nc(COCC)n2)CC1. The van der Waals surface area contributed by atoms with Crippen molar-refractivity contribution in [3.63, 3.8) is 0 Å². The van der Waals surface area contributed by atoms with E-state index in [0.717, 1.165) is 24.8 Å². The highest BCUT2D eigenvalue weighted by atomic mass is 16.5. The van der Waals surface area contributed by atoms with Crippen molar-refractivity contribution in [1.29, 1.82) is 0 Å². The van der Waals surface area contributed by atoms with Crippen LogP contribution in [0.25, 0.3) is 0 Å². The van der Waals surface area contributed by atoms with Crippen LogP contribution in [0.2, 0.25) is 0 Å². The zero-order valence-electron chi connectivity index (χ0n) is 12.6. The Morgan fingerprint density at radius 2 is 2.05 bits per heavy atom. The third-order valence-corrected chi connectivity index (χ3v) is 3.85. The largest absolute Gasteiger partial charge is 0.384 e. The van der Waals surface area contributed by atoms with Gasteiger partial charge in [0.1, 0.15) is 18.2 Å². The second kappa shape index (κ2) is 7.43. The van der Waals surface area contributed by atoms with Gasteiger partial charge < -0.3 is 15.4 Å². The molecule has 0 amide bonds. The molecule has 0 atom stereocenters. The highest BCUT2D eigenvalue weighted by Gasteiger charge is 2.20. The molecular formula is C15H26N4O. The van der Waals surface area contributed by atoms with Crippen LogP contribution in [0.15, 0.2) is 6.07 Å². The normalized spacial score (nSPS) is 16.6. The fourth-order valence-electron chi connectivity index (χ4n) is 2.78. The maximum Gasteiger partial charge on any atom is 0.158 e. The number of rotatable bonds is 6. The third-order valence-electron chi connectivity index (χ3n) is 3.85. The van der Waals surface area contributed by atoms with E-state index in [-0.39, 0.29) is 0 Å². The average Bonchev–Trinajstić information content (AvgIpc) is 2.46. The van der Waals surface area contributed by atoms with Gasteiger partial charge in [0, 0.05) is 25.8 Å². The van der Waals surface area contributed by atoms with Crippen LogP contribution in [-0.2, 0) is 11.3 Å². The van der Waals surface area contributed by atoms with E-state index in [4.69, 9.17) is 10.5 Å². The monoisotopic (exact) mass is 278 g/mol. The maximum absolute atomic E-state index is 5.88. The molecule has 5 heteroatoms. The summed E-state index contributed by atoms with van der Waals surface area (Å²) in [6.45, 7) is 7.45. The molecule has 0 aromatic carbocycles. The van der Waals surface area contributed by atoms with Gasteiger partial charge in [0.05, 0.1) is 0 Å². The second-order valence-electron chi connectivity index (χ2n) is 5.42. The molecule has 1 aliphatic rings. The van der Waals surface area contributed by atoms with Crippen LogP contribution in [0.4, 0.5) is 11.6 Å². The minimum absolute atomic E-state index is 0.431. The maximum atomic E-state index is 5.88. The Bertz CT molecular complexity index is 416. The molecule has 0 saturated carbocycles. The Morgan fingerprint density at radius 1 is 1.30 bits per heavy atom. The number of nitrogens with zero attached hydrogens (tertiary/aromatic N) is 3. The average molecular weight is 278 g/mol. The lowest BCUT2D eigenvalue weighted by atomic mass is 9.92. The first-order chi connectivity index (χ1) is 9.72. The third kappa shape index (κ3) is 4.07. The summed E-state index contributed by atoms with van der Waals surface area (Å²) >= 11 is 0. The number of hydrogen-bond donors (Lipinski definition) is 1. The molecule has 2 N–H and O–H groups in total. The predicted molar refractivity (Wildman–Crippen MR) is 81.6 cm³/mol. The van der Waals surface area contributed by atoms with Crippen molar-refractivity contribution in [2.24, 2.45) is 5.92 Å². The number of hydrogen-bond acceptors (Lipinski definition) is 5. The van der Waals surface area contributed by atoms with Gasteiger partial charge in [-0.15, -0.1) is 0 Å². The summed E-state index contributed by atoms with van der Waals surface area (Å²) in [5, 5.41) is 0. The standard InChI is InChI=1S/C15H26N4O/c1-3-5-12-6-8-19(9-7-12)15-10-13(16)17-14(18-15)11-20-4-2/h10,12H,3-9,11H2,1-2H3,(H2,16,17,18).